The van der Waals surface area contributed by atoms with Crippen LogP contribution in [0.1, 0.15) is 31.7 Å². The van der Waals surface area contributed by atoms with Gasteiger partial charge in [0.2, 0.25) is 0 Å². The fourth-order valence-corrected chi connectivity index (χ4v) is 2.92. The number of aliphatic imine (C=N–C) groups is 1. The van der Waals surface area contributed by atoms with Gasteiger partial charge in [0.25, 0.3) is 0 Å². The Morgan fingerprint density at radius 3 is 3.00 bits per heavy atom. The average molecular weight is 496 g/mol. The van der Waals surface area contributed by atoms with E-state index in [1.165, 1.54) is 5.56 Å². The van der Waals surface area contributed by atoms with Crippen LogP contribution in [0.5, 0.6) is 0 Å². The maximum atomic E-state index is 6.01. The maximum absolute atomic E-state index is 6.01. The highest BCUT2D eigenvalue weighted by molar-refractivity contribution is 14.0. The van der Waals surface area contributed by atoms with Gasteiger partial charge in [0, 0.05) is 37.9 Å². The number of halogens is 2. The Morgan fingerprint density at radius 2 is 2.27 bits per heavy atom. The second-order valence-corrected chi connectivity index (χ2v) is 6.57. The summed E-state index contributed by atoms with van der Waals surface area (Å²) in [6, 6.07) is 7.96. The van der Waals surface area contributed by atoms with Crippen LogP contribution < -0.4 is 10.6 Å². The lowest BCUT2D eigenvalue weighted by Gasteiger charge is -2.12. The molecule has 0 aliphatic carbocycles. The minimum absolute atomic E-state index is 0. The quantitative estimate of drug-likeness (QED) is 0.225. The summed E-state index contributed by atoms with van der Waals surface area (Å²) in [6.45, 7) is 6.80. The van der Waals surface area contributed by atoms with Crippen LogP contribution in [0.15, 0.2) is 29.3 Å². The van der Waals surface area contributed by atoms with Gasteiger partial charge in [-0.05, 0) is 50.3 Å². The molecular weight excluding hydrogens is 465 g/mol. The lowest BCUT2D eigenvalue weighted by atomic mass is 10.1. The smallest absolute Gasteiger partial charge is 0.191 e. The molecule has 0 amide bonds. The van der Waals surface area contributed by atoms with Gasteiger partial charge in [-0.2, -0.15) is 0 Å². The zero-order valence-corrected chi connectivity index (χ0v) is 18.6. The minimum atomic E-state index is 0. The summed E-state index contributed by atoms with van der Waals surface area (Å²) in [6.07, 6.45) is 4.41. The van der Waals surface area contributed by atoms with E-state index >= 15 is 0 Å². The van der Waals surface area contributed by atoms with Crippen molar-refractivity contribution in [3.05, 3.63) is 34.9 Å². The van der Waals surface area contributed by atoms with E-state index in [0.29, 0.717) is 12.7 Å². The molecule has 1 saturated heterocycles. The van der Waals surface area contributed by atoms with Gasteiger partial charge in [-0.25, -0.2) is 0 Å². The number of ether oxygens (including phenoxy) is 2. The molecule has 1 atom stereocenters. The summed E-state index contributed by atoms with van der Waals surface area (Å²) >= 11 is 6.01. The van der Waals surface area contributed by atoms with Crippen molar-refractivity contribution in [1.29, 1.82) is 0 Å². The summed E-state index contributed by atoms with van der Waals surface area (Å²) in [5.74, 6) is 0.851. The second-order valence-electron chi connectivity index (χ2n) is 6.13. The van der Waals surface area contributed by atoms with Crippen LogP contribution in [-0.2, 0) is 15.9 Å². The van der Waals surface area contributed by atoms with Crippen molar-refractivity contribution < 1.29 is 9.47 Å². The van der Waals surface area contributed by atoms with E-state index in [9.17, 15) is 0 Å². The standard InChI is InChI=1S/C19H30ClN3O2.HI/c1-2-21-19(23-11-9-16-6-3-7-17(20)14-16)22-10-5-12-24-15-18-8-4-13-25-18;/h3,6-7,14,18H,2,4-5,8-13,15H2,1H3,(H2,21,22,23);1H. The zero-order valence-electron chi connectivity index (χ0n) is 15.5. The lowest BCUT2D eigenvalue weighted by molar-refractivity contribution is 0.0171. The highest BCUT2D eigenvalue weighted by atomic mass is 127. The first-order chi connectivity index (χ1) is 12.3. The number of hydrogen-bond acceptors (Lipinski definition) is 3. The summed E-state index contributed by atoms with van der Waals surface area (Å²) in [7, 11) is 0. The minimum Gasteiger partial charge on any atom is -0.379 e. The van der Waals surface area contributed by atoms with Crippen molar-refractivity contribution in [2.75, 3.05) is 39.5 Å². The van der Waals surface area contributed by atoms with Crippen molar-refractivity contribution in [2.24, 2.45) is 4.99 Å². The van der Waals surface area contributed by atoms with E-state index in [1.807, 2.05) is 18.2 Å². The highest BCUT2D eigenvalue weighted by Gasteiger charge is 2.14. The number of nitrogens with zero attached hydrogens (tertiary/aromatic N) is 1. The fourth-order valence-electron chi connectivity index (χ4n) is 2.71. The van der Waals surface area contributed by atoms with Gasteiger partial charge in [0.1, 0.15) is 0 Å². The molecule has 0 aromatic heterocycles. The Kier molecular flexibility index (Phi) is 13.1. The van der Waals surface area contributed by atoms with Crippen LogP contribution in [0.2, 0.25) is 5.02 Å². The number of rotatable bonds is 10. The molecule has 0 bridgehead atoms. The molecule has 26 heavy (non-hydrogen) atoms. The predicted octanol–water partition coefficient (Wildman–Crippen LogP) is 3.64. The summed E-state index contributed by atoms with van der Waals surface area (Å²) in [5, 5.41) is 7.41. The third kappa shape index (κ3) is 9.94. The maximum Gasteiger partial charge on any atom is 0.191 e. The third-order valence-corrected chi connectivity index (χ3v) is 4.22. The summed E-state index contributed by atoms with van der Waals surface area (Å²) < 4.78 is 11.2. The SMILES string of the molecule is CCNC(=NCCCOCC1CCCO1)NCCc1cccc(Cl)c1.I. The Labute approximate surface area is 179 Å². The topological polar surface area (TPSA) is 54.9 Å². The van der Waals surface area contributed by atoms with Crippen LogP contribution in [0, 0.1) is 0 Å². The van der Waals surface area contributed by atoms with Crippen molar-refractivity contribution in [1.82, 2.24) is 10.6 Å². The molecule has 2 N–H and O–H groups in total. The second kappa shape index (κ2) is 14.5. The molecule has 1 aliphatic heterocycles. The van der Waals surface area contributed by atoms with E-state index in [-0.39, 0.29) is 24.0 Å². The normalized spacial score (nSPS) is 17.0. The Morgan fingerprint density at radius 1 is 1.38 bits per heavy atom. The number of nitrogens with one attached hydrogen (secondary N) is 2. The van der Waals surface area contributed by atoms with Gasteiger partial charge < -0.3 is 20.1 Å². The van der Waals surface area contributed by atoms with Gasteiger partial charge in [-0.15, -0.1) is 24.0 Å². The first-order valence-corrected chi connectivity index (χ1v) is 9.61. The first kappa shape index (κ1) is 23.5. The van der Waals surface area contributed by atoms with E-state index in [0.717, 1.165) is 69.5 Å². The molecular formula is C19H31ClIN3O2. The van der Waals surface area contributed by atoms with Crippen LogP contribution in [-0.4, -0.2) is 51.5 Å². The molecule has 2 rings (SSSR count). The Bertz CT molecular complexity index is 525. The van der Waals surface area contributed by atoms with Gasteiger partial charge >= 0.3 is 0 Å². The summed E-state index contributed by atoms with van der Waals surface area (Å²) in [5.41, 5.74) is 1.22. The molecule has 7 heteroatoms. The van der Waals surface area contributed by atoms with Gasteiger partial charge in [0.15, 0.2) is 5.96 Å². The predicted molar refractivity (Wildman–Crippen MR) is 119 cm³/mol. The molecule has 1 unspecified atom stereocenters. The molecule has 0 spiro atoms. The van der Waals surface area contributed by atoms with E-state index < -0.39 is 0 Å². The number of guanidine groups is 1. The Hall–Kier alpha value is -0.570. The van der Waals surface area contributed by atoms with Crippen LogP contribution in [0.4, 0.5) is 0 Å². The largest absolute Gasteiger partial charge is 0.379 e. The highest BCUT2D eigenvalue weighted by Crippen LogP contribution is 2.12. The van der Waals surface area contributed by atoms with E-state index in [4.69, 9.17) is 21.1 Å². The molecule has 1 heterocycles. The van der Waals surface area contributed by atoms with Gasteiger partial charge in [-0.1, -0.05) is 23.7 Å². The number of hydrogen-bond donors (Lipinski definition) is 2. The van der Waals surface area contributed by atoms with Crippen molar-refractivity contribution in [2.45, 2.75) is 38.7 Å². The zero-order chi connectivity index (χ0) is 17.7. The molecule has 1 fully saturated rings. The van der Waals surface area contributed by atoms with Crippen molar-refractivity contribution in [3.8, 4) is 0 Å². The molecule has 1 aromatic carbocycles. The van der Waals surface area contributed by atoms with Gasteiger partial charge in [-0.3, -0.25) is 4.99 Å². The van der Waals surface area contributed by atoms with E-state index in [2.05, 4.69) is 28.6 Å². The van der Waals surface area contributed by atoms with Gasteiger partial charge in [0.05, 0.1) is 12.7 Å². The number of benzene rings is 1. The lowest BCUT2D eigenvalue weighted by Crippen LogP contribution is -2.38. The van der Waals surface area contributed by atoms with Crippen LogP contribution >= 0.6 is 35.6 Å². The molecule has 5 nitrogen and oxygen atoms in total. The van der Waals surface area contributed by atoms with Crippen molar-refractivity contribution in [3.63, 3.8) is 0 Å². The van der Waals surface area contributed by atoms with Crippen LogP contribution in [0.3, 0.4) is 0 Å². The monoisotopic (exact) mass is 495 g/mol. The van der Waals surface area contributed by atoms with Crippen LogP contribution in [0.25, 0.3) is 0 Å². The third-order valence-electron chi connectivity index (χ3n) is 3.98. The fraction of sp³-hybridized carbons (Fsp3) is 0.632. The van der Waals surface area contributed by atoms with E-state index in [1.54, 1.807) is 0 Å². The first-order valence-electron chi connectivity index (χ1n) is 9.24. The summed E-state index contributed by atoms with van der Waals surface area (Å²) in [4.78, 5) is 4.59. The Balaban J connectivity index is 0.00000338. The average Bonchev–Trinajstić information content (AvgIpc) is 3.11. The molecule has 1 aromatic rings. The molecule has 148 valence electrons. The molecule has 0 radical (unpaired) electrons. The van der Waals surface area contributed by atoms with Crippen molar-refractivity contribution >= 4 is 41.5 Å². The molecule has 0 saturated carbocycles. The molecule has 1 aliphatic rings.